The van der Waals surface area contributed by atoms with Crippen LogP contribution in [0.2, 0.25) is 0 Å². The van der Waals surface area contributed by atoms with Crippen molar-refractivity contribution in [2.45, 2.75) is 125 Å². The van der Waals surface area contributed by atoms with Gasteiger partial charge in [-0.3, -0.25) is 9.55 Å². The molecule has 0 unspecified atom stereocenters. The Morgan fingerprint density at radius 1 is 0.554 bits per heavy atom. The number of benzene rings is 6. The van der Waals surface area contributed by atoms with Crippen LogP contribution in [0.1, 0.15) is 138 Å². The normalized spacial score (nSPS) is 13.3. The number of phenolic OH excluding ortho intramolecular Hbond substituents is 1. The van der Waals surface area contributed by atoms with Gasteiger partial charge in [0, 0.05) is 31.3 Å². The summed E-state index contributed by atoms with van der Waals surface area (Å²) >= 11 is 0. The number of pyridine rings is 1. The third kappa shape index (κ3) is 8.93. The van der Waals surface area contributed by atoms with E-state index in [4.69, 9.17) is 12.7 Å². The maximum absolute atomic E-state index is 12.5. The van der Waals surface area contributed by atoms with Gasteiger partial charge in [0.05, 0.1) is 22.3 Å². The monoisotopic (exact) mass is 860 g/mol. The highest BCUT2D eigenvalue weighted by atomic mass is 16.3. The predicted molar refractivity (Wildman–Crippen MR) is 277 cm³/mol. The first kappa shape index (κ1) is 42.7. The lowest BCUT2D eigenvalue weighted by atomic mass is 9.79. The smallest absolute Gasteiger partial charge is 0.149 e. The van der Waals surface area contributed by atoms with E-state index in [1.807, 2.05) is 52.1 Å². The Morgan fingerprint density at radius 3 is 1.74 bits per heavy atom. The number of rotatable bonds is 8. The van der Waals surface area contributed by atoms with E-state index in [0.717, 1.165) is 83.6 Å². The molecule has 0 spiro atoms. The third-order valence-electron chi connectivity index (χ3n) is 12.8. The van der Waals surface area contributed by atoms with E-state index >= 15 is 0 Å². The highest BCUT2D eigenvalue weighted by Crippen LogP contribution is 2.45. The Labute approximate surface area is 391 Å². The van der Waals surface area contributed by atoms with Gasteiger partial charge in [0.25, 0.3) is 0 Å². The molecule has 0 aliphatic rings. The molecule has 0 aliphatic heterocycles. The van der Waals surface area contributed by atoms with E-state index in [-0.39, 0.29) is 22.0 Å². The molecular formula is C61H67N3O. The molecule has 2 aromatic heterocycles. The van der Waals surface area contributed by atoms with E-state index in [1.165, 1.54) is 11.1 Å². The van der Waals surface area contributed by atoms with Gasteiger partial charge < -0.3 is 5.11 Å². The number of aryl methyl sites for hydroxylation is 1. The molecule has 4 nitrogen and oxygen atoms in total. The van der Waals surface area contributed by atoms with Crippen molar-refractivity contribution in [3.63, 3.8) is 0 Å². The first-order valence-corrected chi connectivity index (χ1v) is 23.0. The van der Waals surface area contributed by atoms with Crippen LogP contribution in [0, 0.1) is 6.92 Å². The van der Waals surface area contributed by atoms with Crippen molar-refractivity contribution in [2.24, 2.45) is 0 Å². The quantitative estimate of drug-likeness (QED) is 0.166. The summed E-state index contributed by atoms with van der Waals surface area (Å²) in [5.41, 5.74) is 16.8. The van der Waals surface area contributed by atoms with E-state index < -0.39 is 11.8 Å². The third-order valence-corrected chi connectivity index (χ3v) is 12.8. The summed E-state index contributed by atoms with van der Waals surface area (Å²) in [6.07, 6.45) is 1.90. The Hall–Kier alpha value is -6.26. The molecule has 1 N–H and O–H groups in total. The second-order valence-corrected chi connectivity index (χ2v) is 21.5. The minimum absolute atomic E-state index is 0.162. The topological polar surface area (TPSA) is 50.9 Å². The number of phenols is 1. The van der Waals surface area contributed by atoms with Gasteiger partial charge in [0.1, 0.15) is 11.6 Å². The van der Waals surface area contributed by atoms with Crippen molar-refractivity contribution in [1.29, 1.82) is 0 Å². The standard InChI is InChI=1S/C61H67N3O/c1-37(2)48-17-15-18-49(38(3)4)55(48)41-25-27-47(28-26-41)64-54-20-16-19-50(56(54)63-58(64)51-35-46(60(9,10)11)36-52(57(51)65)61(12,13)14)43-31-44(33-45(32-43)59(6,7)8)53-34-42(29-30-62-53)40-23-21-39(5)22-24-40/h15-38,65H,1-14H3/i37D,38D. The van der Waals surface area contributed by atoms with Crippen molar-refractivity contribution in [2.75, 3.05) is 0 Å². The summed E-state index contributed by atoms with van der Waals surface area (Å²) in [6, 6.07) is 44.8. The van der Waals surface area contributed by atoms with Crippen molar-refractivity contribution < 1.29 is 7.85 Å². The Bertz CT molecular complexity index is 3110. The molecule has 2 heterocycles. The molecule has 0 atom stereocenters. The SMILES string of the molecule is [2H]C(C)(C)c1cccc(C([2H])(C)C)c1-c1ccc(-n2c(-c3cc(C(C)(C)C)cc(C(C)(C)C)c3O)nc3c(-c4cc(-c5cc(-c6ccc(C)cc6)ccn5)cc(C(C)(C)C)c4)cccc32)cc1. The van der Waals surface area contributed by atoms with Crippen LogP contribution in [-0.2, 0) is 16.2 Å². The molecule has 0 bridgehead atoms. The zero-order chi connectivity index (χ0) is 48.6. The molecule has 0 saturated heterocycles. The zero-order valence-electron chi connectivity index (χ0n) is 43.0. The van der Waals surface area contributed by atoms with Gasteiger partial charge in [0.15, 0.2) is 0 Å². The molecule has 6 aromatic carbocycles. The fourth-order valence-electron chi connectivity index (χ4n) is 8.94. The average Bonchev–Trinajstić information content (AvgIpc) is 3.64. The van der Waals surface area contributed by atoms with E-state index in [1.54, 1.807) is 0 Å². The van der Waals surface area contributed by atoms with Gasteiger partial charge in [-0.2, -0.15) is 0 Å². The second-order valence-electron chi connectivity index (χ2n) is 21.5. The summed E-state index contributed by atoms with van der Waals surface area (Å²) < 4.78 is 20.4. The summed E-state index contributed by atoms with van der Waals surface area (Å²) in [4.78, 5) is 10.5. The van der Waals surface area contributed by atoms with Crippen molar-refractivity contribution in [3.8, 4) is 67.5 Å². The van der Waals surface area contributed by atoms with E-state index in [2.05, 4.69) is 183 Å². The average molecular weight is 860 g/mol. The summed E-state index contributed by atoms with van der Waals surface area (Å²) in [7, 11) is 0. The first-order valence-electron chi connectivity index (χ1n) is 24.0. The minimum Gasteiger partial charge on any atom is -0.507 e. The number of hydrogen-bond acceptors (Lipinski definition) is 3. The van der Waals surface area contributed by atoms with Gasteiger partial charge in [-0.1, -0.05) is 174 Å². The number of aromatic nitrogens is 3. The zero-order valence-corrected chi connectivity index (χ0v) is 41.0. The molecule has 65 heavy (non-hydrogen) atoms. The molecule has 0 aliphatic carbocycles. The second kappa shape index (κ2) is 16.9. The Morgan fingerprint density at radius 2 is 1.14 bits per heavy atom. The number of imidazole rings is 1. The van der Waals surface area contributed by atoms with Crippen LogP contribution in [0.15, 0.2) is 134 Å². The fourth-order valence-corrected chi connectivity index (χ4v) is 8.94. The molecule has 0 fully saturated rings. The van der Waals surface area contributed by atoms with Gasteiger partial charge >= 0.3 is 0 Å². The van der Waals surface area contributed by atoms with Crippen molar-refractivity contribution in [1.82, 2.24) is 14.5 Å². The highest BCUT2D eigenvalue weighted by molar-refractivity contribution is 5.97. The molecule has 8 rings (SSSR count). The highest BCUT2D eigenvalue weighted by Gasteiger charge is 2.29. The number of fused-ring (bicyclic) bond motifs is 1. The van der Waals surface area contributed by atoms with Gasteiger partial charge in [-0.15, -0.1) is 0 Å². The number of nitrogens with zero attached hydrogens (tertiary/aromatic N) is 3. The molecule has 0 radical (unpaired) electrons. The van der Waals surface area contributed by atoms with Crippen LogP contribution in [-0.4, -0.2) is 19.6 Å². The lowest BCUT2D eigenvalue weighted by Crippen LogP contribution is -2.17. The maximum atomic E-state index is 12.5. The number of aromatic hydroxyl groups is 1. The van der Waals surface area contributed by atoms with Gasteiger partial charge in [-0.05, 0) is 134 Å². The predicted octanol–water partition coefficient (Wildman–Crippen LogP) is 16.9. The molecular weight excluding hydrogens is 791 g/mol. The molecule has 0 amide bonds. The first-order chi connectivity index (χ1) is 31.2. The molecule has 332 valence electrons. The largest absolute Gasteiger partial charge is 0.507 e. The van der Waals surface area contributed by atoms with Crippen LogP contribution < -0.4 is 0 Å². The Kier molecular flexibility index (Phi) is 11.1. The van der Waals surface area contributed by atoms with Crippen LogP contribution >= 0.6 is 0 Å². The maximum Gasteiger partial charge on any atom is 0.149 e. The molecule has 0 saturated carbocycles. The van der Waals surface area contributed by atoms with E-state index in [0.29, 0.717) is 11.4 Å². The number of para-hydroxylation sites is 1. The van der Waals surface area contributed by atoms with Crippen LogP contribution in [0.5, 0.6) is 5.75 Å². The Balaban J connectivity index is 1.40. The summed E-state index contributed by atoms with van der Waals surface area (Å²) in [5, 5.41) is 12.5. The lowest BCUT2D eigenvalue weighted by molar-refractivity contribution is 0.446. The lowest BCUT2D eigenvalue weighted by Gasteiger charge is -2.27. The van der Waals surface area contributed by atoms with Crippen LogP contribution in [0.25, 0.3) is 72.7 Å². The van der Waals surface area contributed by atoms with Crippen LogP contribution in [0.3, 0.4) is 0 Å². The minimum atomic E-state index is -0.885. The molecule has 8 aromatic rings. The summed E-state index contributed by atoms with van der Waals surface area (Å²) in [5.74, 6) is -0.904. The van der Waals surface area contributed by atoms with Gasteiger partial charge in [0.2, 0.25) is 0 Å². The van der Waals surface area contributed by atoms with Crippen LogP contribution in [0.4, 0.5) is 0 Å². The molecule has 4 heteroatoms. The van der Waals surface area contributed by atoms with E-state index in [9.17, 15) is 5.11 Å². The van der Waals surface area contributed by atoms with Crippen molar-refractivity contribution in [3.05, 3.63) is 167 Å². The summed E-state index contributed by atoms with van der Waals surface area (Å²) in [6.45, 7) is 29.6. The van der Waals surface area contributed by atoms with Gasteiger partial charge in [-0.25, -0.2) is 4.98 Å². The number of hydrogen-bond donors (Lipinski definition) is 1. The fraction of sp³-hybridized carbons (Fsp3) is 0.311. The van der Waals surface area contributed by atoms with Crippen molar-refractivity contribution >= 4 is 11.0 Å².